The average Bonchev–Trinajstić information content (AvgIpc) is 2.80. The van der Waals surface area contributed by atoms with Crippen molar-refractivity contribution in [3.63, 3.8) is 0 Å². The highest BCUT2D eigenvalue weighted by Crippen LogP contribution is 2.34. The molecule has 0 saturated heterocycles. The maximum Gasteiger partial charge on any atom is 0.416 e. The summed E-state index contributed by atoms with van der Waals surface area (Å²) in [6, 6.07) is 7.61. The first kappa shape index (κ1) is 25.1. The fraction of sp³-hybridized carbons (Fsp3) is 0.238. The summed E-state index contributed by atoms with van der Waals surface area (Å²) in [7, 11) is 0. The summed E-state index contributed by atoms with van der Waals surface area (Å²) in [6.07, 6.45) is -4.83. The van der Waals surface area contributed by atoms with Crippen LogP contribution >= 0.6 is 0 Å². The Morgan fingerprint density at radius 1 is 1.11 bits per heavy atom. The third-order valence-corrected chi connectivity index (χ3v) is 4.90. The number of aromatic nitrogens is 2. The molecule has 0 aliphatic heterocycles. The van der Waals surface area contributed by atoms with E-state index in [1.54, 1.807) is 19.1 Å². The standard InChI is InChI=1S/C21H17F3N4O7/c1-2-26-19(31)13-5-3-4-6-15(13)27(20(26)32)10-18(30)35-11-17(29)25-14-8-7-12(21(22,23)24)9-16(14)28(33)34/h3-9H,2,10-11H2,1H3,(H,25,29). The zero-order valence-corrected chi connectivity index (χ0v) is 18.0. The van der Waals surface area contributed by atoms with Crippen LogP contribution in [0.5, 0.6) is 0 Å². The fourth-order valence-electron chi connectivity index (χ4n) is 3.27. The predicted molar refractivity (Wildman–Crippen MR) is 116 cm³/mol. The molecule has 3 rings (SSSR count). The third-order valence-electron chi connectivity index (χ3n) is 4.90. The molecule has 2 aromatic carbocycles. The molecule has 0 atom stereocenters. The molecule has 0 aliphatic carbocycles. The van der Waals surface area contributed by atoms with Crippen LogP contribution in [0, 0.1) is 10.1 Å². The van der Waals surface area contributed by atoms with Gasteiger partial charge in [-0.15, -0.1) is 0 Å². The average molecular weight is 494 g/mol. The molecule has 0 saturated carbocycles. The van der Waals surface area contributed by atoms with Gasteiger partial charge in [-0.25, -0.2) is 4.79 Å². The van der Waals surface area contributed by atoms with Crippen LogP contribution in [0.2, 0.25) is 0 Å². The molecule has 3 aromatic rings. The van der Waals surface area contributed by atoms with Crippen LogP contribution in [-0.2, 0) is 33.6 Å². The Bertz CT molecular complexity index is 1440. The fourth-order valence-corrected chi connectivity index (χ4v) is 3.27. The van der Waals surface area contributed by atoms with Crippen molar-refractivity contribution in [1.29, 1.82) is 0 Å². The van der Waals surface area contributed by atoms with Crippen molar-refractivity contribution in [2.45, 2.75) is 26.2 Å². The number of fused-ring (bicyclic) bond motifs is 1. The molecule has 0 spiro atoms. The normalized spacial score (nSPS) is 11.3. The second kappa shape index (κ2) is 9.79. The molecule has 14 heteroatoms. The van der Waals surface area contributed by atoms with Gasteiger partial charge in [0.05, 0.1) is 21.4 Å². The maximum absolute atomic E-state index is 12.8. The number of nitro benzene ring substituents is 1. The molecule has 0 aliphatic rings. The Kier molecular flexibility index (Phi) is 7.03. The number of carbonyl (C=O) groups excluding carboxylic acids is 2. The summed E-state index contributed by atoms with van der Waals surface area (Å²) in [5.74, 6) is -2.09. The number of hydrogen-bond donors (Lipinski definition) is 1. The molecule has 1 heterocycles. The summed E-state index contributed by atoms with van der Waals surface area (Å²) in [4.78, 5) is 59.5. The number of benzene rings is 2. The van der Waals surface area contributed by atoms with Crippen LogP contribution < -0.4 is 16.6 Å². The number of nitro groups is 1. The lowest BCUT2D eigenvalue weighted by Crippen LogP contribution is -2.41. The van der Waals surface area contributed by atoms with Crippen molar-refractivity contribution in [3.8, 4) is 0 Å². The predicted octanol–water partition coefficient (Wildman–Crippen LogP) is 2.29. The van der Waals surface area contributed by atoms with E-state index in [0.717, 1.165) is 9.13 Å². The molecule has 0 bridgehead atoms. The van der Waals surface area contributed by atoms with Crippen molar-refractivity contribution in [2.24, 2.45) is 0 Å². The number of hydrogen-bond acceptors (Lipinski definition) is 7. The van der Waals surface area contributed by atoms with Crippen LogP contribution in [0.15, 0.2) is 52.1 Å². The monoisotopic (exact) mass is 494 g/mol. The highest BCUT2D eigenvalue weighted by Gasteiger charge is 2.33. The van der Waals surface area contributed by atoms with Crippen molar-refractivity contribution >= 4 is 34.2 Å². The number of alkyl halides is 3. The Hall–Kier alpha value is -4.49. The SMILES string of the molecule is CCn1c(=O)c2ccccc2n(CC(=O)OCC(=O)Nc2ccc(C(F)(F)F)cc2[N+](=O)[O-])c1=O. The first-order valence-electron chi connectivity index (χ1n) is 9.97. The van der Waals surface area contributed by atoms with Crippen LogP contribution in [0.1, 0.15) is 12.5 Å². The van der Waals surface area contributed by atoms with Gasteiger partial charge in [-0.2, -0.15) is 13.2 Å². The highest BCUT2D eigenvalue weighted by molar-refractivity contribution is 5.95. The number of esters is 1. The lowest BCUT2D eigenvalue weighted by atomic mass is 10.1. The summed E-state index contributed by atoms with van der Waals surface area (Å²) in [5.41, 5.74) is -3.93. The minimum atomic E-state index is -4.83. The molecule has 1 aromatic heterocycles. The van der Waals surface area contributed by atoms with Gasteiger partial charge in [-0.05, 0) is 31.2 Å². The van der Waals surface area contributed by atoms with Crippen molar-refractivity contribution < 1.29 is 32.4 Å². The summed E-state index contributed by atoms with van der Waals surface area (Å²) < 4.78 is 45.1. The van der Waals surface area contributed by atoms with Gasteiger partial charge in [0.1, 0.15) is 12.2 Å². The number of nitrogens with one attached hydrogen (secondary N) is 1. The molecule has 0 fully saturated rings. The van der Waals surface area contributed by atoms with E-state index in [4.69, 9.17) is 4.74 Å². The number of rotatable bonds is 7. The van der Waals surface area contributed by atoms with Crippen molar-refractivity contribution in [3.05, 3.63) is 79.0 Å². The van der Waals surface area contributed by atoms with Crippen LogP contribution in [0.4, 0.5) is 24.5 Å². The van der Waals surface area contributed by atoms with Gasteiger partial charge >= 0.3 is 17.8 Å². The lowest BCUT2D eigenvalue weighted by Gasteiger charge is -2.13. The van der Waals surface area contributed by atoms with Gasteiger partial charge in [0.25, 0.3) is 17.2 Å². The van der Waals surface area contributed by atoms with Gasteiger partial charge in [0.2, 0.25) is 0 Å². The zero-order valence-electron chi connectivity index (χ0n) is 18.0. The number of anilines is 1. The van der Waals surface area contributed by atoms with Gasteiger partial charge in [0, 0.05) is 12.6 Å². The zero-order chi connectivity index (χ0) is 25.9. The highest BCUT2D eigenvalue weighted by atomic mass is 19.4. The first-order chi connectivity index (χ1) is 16.4. The Morgan fingerprint density at radius 3 is 2.43 bits per heavy atom. The topological polar surface area (TPSA) is 143 Å². The van der Waals surface area contributed by atoms with Crippen LogP contribution in [0.25, 0.3) is 10.9 Å². The van der Waals surface area contributed by atoms with E-state index in [9.17, 15) is 42.5 Å². The minimum Gasteiger partial charge on any atom is -0.454 e. The van der Waals surface area contributed by atoms with Crippen molar-refractivity contribution in [2.75, 3.05) is 11.9 Å². The van der Waals surface area contributed by atoms with Gasteiger partial charge in [0.15, 0.2) is 6.61 Å². The van der Waals surface area contributed by atoms with Gasteiger partial charge < -0.3 is 10.1 Å². The Labute approximate surface area is 193 Å². The molecule has 1 N–H and O–H groups in total. The number of carbonyl (C=O) groups is 2. The summed E-state index contributed by atoms with van der Waals surface area (Å²) in [6.45, 7) is 0.0430. The Morgan fingerprint density at radius 2 is 1.80 bits per heavy atom. The van der Waals surface area contributed by atoms with Crippen LogP contribution in [-0.4, -0.2) is 32.5 Å². The summed E-state index contributed by atoms with van der Waals surface area (Å²) >= 11 is 0. The number of para-hydroxylation sites is 1. The maximum atomic E-state index is 12.8. The molecule has 35 heavy (non-hydrogen) atoms. The number of amides is 1. The number of nitrogens with zero attached hydrogens (tertiary/aromatic N) is 3. The Balaban J connectivity index is 1.75. The van der Waals surface area contributed by atoms with E-state index in [-0.39, 0.29) is 23.5 Å². The lowest BCUT2D eigenvalue weighted by molar-refractivity contribution is -0.384. The molecule has 1 amide bonds. The van der Waals surface area contributed by atoms with E-state index in [1.165, 1.54) is 12.1 Å². The van der Waals surface area contributed by atoms with E-state index in [1.807, 2.05) is 5.32 Å². The van der Waals surface area contributed by atoms with E-state index < -0.39 is 64.3 Å². The largest absolute Gasteiger partial charge is 0.454 e. The molecule has 184 valence electrons. The van der Waals surface area contributed by atoms with Gasteiger partial charge in [-0.3, -0.25) is 33.6 Å². The number of ether oxygens (including phenoxy) is 1. The number of halogens is 3. The smallest absolute Gasteiger partial charge is 0.416 e. The van der Waals surface area contributed by atoms with Crippen LogP contribution in [0.3, 0.4) is 0 Å². The third kappa shape index (κ3) is 5.37. The second-order valence-electron chi connectivity index (χ2n) is 7.13. The summed E-state index contributed by atoms with van der Waals surface area (Å²) in [5, 5.41) is 13.3. The van der Waals surface area contributed by atoms with E-state index in [0.29, 0.717) is 12.1 Å². The molecule has 0 unspecified atom stereocenters. The molecular weight excluding hydrogens is 477 g/mol. The minimum absolute atomic E-state index is 0.0475. The van der Waals surface area contributed by atoms with Gasteiger partial charge in [-0.1, -0.05) is 12.1 Å². The van der Waals surface area contributed by atoms with Crippen molar-refractivity contribution in [1.82, 2.24) is 9.13 Å². The van der Waals surface area contributed by atoms with E-state index >= 15 is 0 Å². The quantitative estimate of drug-likeness (QED) is 0.302. The molecule has 11 nitrogen and oxygen atoms in total. The molecular formula is C21H17F3N4O7. The first-order valence-corrected chi connectivity index (χ1v) is 9.97. The molecule has 0 radical (unpaired) electrons. The second-order valence-corrected chi connectivity index (χ2v) is 7.13. The van der Waals surface area contributed by atoms with E-state index in [2.05, 4.69) is 0 Å².